The van der Waals surface area contributed by atoms with Gasteiger partial charge in [0.1, 0.15) is 5.82 Å². The van der Waals surface area contributed by atoms with Gasteiger partial charge in [0, 0.05) is 48.3 Å². The summed E-state index contributed by atoms with van der Waals surface area (Å²) in [5.74, 6) is 1.01. The highest BCUT2D eigenvalue weighted by Gasteiger charge is 2.19. The number of aromatic nitrogens is 1. The number of piperazine rings is 1. The molecule has 5 heteroatoms. The molecule has 0 unspecified atom stereocenters. The Balaban J connectivity index is 1.97. The quantitative estimate of drug-likeness (QED) is 0.533. The van der Waals surface area contributed by atoms with Crippen LogP contribution in [0.1, 0.15) is 0 Å². The first-order valence-corrected chi connectivity index (χ1v) is 7.94. The SMILES string of the molecule is CN1CCN(c2nc3cc(N)ccc3c3ccc(N)cc23)CC1. The molecule has 2 heterocycles. The third kappa shape index (κ3) is 2.43. The molecule has 1 aliphatic heterocycles. The van der Waals surface area contributed by atoms with Crippen LogP contribution in [0, 0.1) is 0 Å². The maximum atomic E-state index is 6.04. The van der Waals surface area contributed by atoms with Gasteiger partial charge in [-0.05, 0) is 36.7 Å². The number of nitrogens with two attached hydrogens (primary N) is 2. The number of fused-ring (bicyclic) bond motifs is 3. The van der Waals surface area contributed by atoms with Gasteiger partial charge in [-0.25, -0.2) is 4.98 Å². The van der Waals surface area contributed by atoms with Gasteiger partial charge in [-0.3, -0.25) is 0 Å². The summed E-state index contributed by atoms with van der Waals surface area (Å²) < 4.78 is 0. The minimum atomic E-state index is 0.740. The lowest BCUT2D eigenvalue weighted by Gasteiger charge is -2.34. The highest BCUT2D eigenvalue weighted by Crippen LogP contribution is 2.33. The molecule has 23 heavy (non-hydrogen) atoms. The van der Waals surface area contributed by atoms with E-state index in [4.69, 9.17) is 16.5 Å². The van der Waals surface area contributed by atoms with Crippen molar-refractivity contribution in [2.24, 2.45) is 0 Å². The number of likely N-dealkylation sites (N-methyl/N-ethyl adjacent to an activating group) is 1. The molecule has 2 aromatic carbocycles. The van der Waals surface area contributed by atoms with Crippen LogP contribution in [0.25, 0.3) is 21.7 Å². The topological polar surface area (TPSA) is 71.4 Å². The molecule has 0 saturated carbocycles. The van der Waals surface area contributed by atoms with E-state index in [1.165, 1.54) is 5.39 Å². The molecule has 1 saturated heterocycles. The lowest BCUT2D eigenvalue weighted by atomic mass is 10.0. The Morgan fingerprint density at radius 3 is 2.22 bits per heavy atom. The molecule has 4 rings (SSSR count). The fourth-order valence-corrected chi connectivity index (χ4v) is 3.28. The highest BCUT2D eigenvalue weighted by atomic mass is 15.3. The summed E-state index contributed by atoms with van der Waals surface area (Å²) in [5, 5.41) is 3.41. The van der Waals surface area contributed by atoms with Gasteiger partial charge in [-0.1, -0.05) is 12.1 Å². The van der Waals surface area contributed by atoms with E-state index in [1.807, 2.05) is 30.3 Å². The predicted octanol–water partition coefficient (Wildman–Crippen LogP) is 2.30. The van der Waals surface area contributed by atoms with Gasteiger partial charge in [0.2, 0.25) is 0 Å². The molecule has 4 N–H and O–H groups in total. The zero-order valence-electron chi connectivity index (χ0n) is 13.3. The summed E-state index contributed by atoms with van der Waals surface area (Å²) in [6.07, 6.45) is 0. The Labute approximate surface area is 135 Å². The van der Waals surface area contributed by atoms with Crippen molar-refractivity contribution in [1.82, 2.24) is 9.88 Å². The van der Waals surface area contributed by atoms with Crippen LogP contribution in [-0.2, 0) is 0 Å². The number of rotatable bonds is 1. The van der Waals surface area contributed by atoms with E-state index in [9.17, 15) is 0 Å². The number of benzene rings is 2. The zero-order chi connectivity index (χ0) is 16.0. The fourth-order valence-electron chi connectivity index (χ4n) is 3.28. The summed E-state index contributed by atoms with van der Waals surface area (Å²) in [6.45, 7) is 4.03. The molecule has 0 atom stereocenters. The largest absolute Gasteiger partial charge is 0.399 e. The summed E-state index contributed by atoms with van der Waals surface area (Å²) >= 11 is 0. The van der Waals surface area contributed by atoms with E-state index in [0.29, 0.717) is 0 Å². The van der Waals surface area contributed by atoms with Crippen LogP contribution in [0.2, 0.25) is 0 Å². The Kier molecular flexibility index (Phi) is 3.23. The molecular weight excluding hydrogens is 286 g/mol. The second-order valence-corrected chi connectivity index (χ2v) is 6.31. The average molecular weight is 307 g/mol. The third-order valence-electron chi connectivity index (χ3n) is 4.63. The normalized spacial score (nSPS) is 16.3. The molecule has 0 spiro atoms. The van der Waals surface area contributed by atoms with Crippen LogP contribution in [0.3, 0.4) is 0 Å². The van der Waals surface area contributed by atoms with Crippen LogP contribution in [0.4, 0.5) is 17.2 Å². The third-order valence-corrected chi connectivity index (χ3v) is 4.63. The first-order chi connectivity index (χ1) is 11.1. The molecule has 1 aliphatic rings. The number of hydrogen-bond acceptors (Lipinski definition) is 5. The first-order valence-electron chi connectivity index (χ1n) is 7.94. The van der Waals surface area contributed by atoms with Crippen molar-refractivity contribution >= 4 is 38.9 Å². The van der Waals surface area contributed by atoms with Crippen LogP contribution in [0.5, 0.6) is 0 Å². The Morgan fingerprint density at radius 2 is 1.48 bits per heavy atom. The van der Waals surface area contributed by atoms with Gasteiger partial charge in [-0.15, -0.1) is 0 Å². The Hall–Kier alpha value is -2.53. The van der Waals surface area contributed by atoms with Crippen LogP contribution in [0.15, 0.2) is 36.4 Å². The molecule has 0 bridgehead atoms. The smallest absolute Gasteiger partial charge is 0.137 e. The molecular formula is C18H21N5. The summed E-state index contributed by atoms with van der Waals surface area (Å²) in [4.78, 5) is 9.62. The summed E-state index contributed by atoms with van der Waals surface area (Å²) in [7, 11) is 2.15. The maximum absolute atomic E-state index is 6.04. The van der Waals surface area contributed by atoms with Crippen molar-refractivity contribution < 1.29 is 0 Å². The summed E-state index contributed by atoms with van der Waals surface area (Å²) in [5.41, 5.74) is 14.4. The number of nitrogens with zero attached hydrogens (tertiary/aromatic N) is 3. The van der Waals surface area contributed by atoms with Crippen LogP contribution >= 0.6 is 0 Å². The second-order valence-electron chi connectivity index (χ2n) is 6.31. The zero-order valence-corrected chi connectivity index (χ0v) is 13.3. The molecule has 3 aromatic rings. The van der Waals surface area contributed by atoms with E-state index < -0.39 is 0 Å². The van der Waals surface area contributed by atoms with Crippen molar-refractivity contribution in [3.05, 3.63) is 36.4 Å². The predicted molar refractivity (Wildman–Crippen MR) is 97.8 cm³/mol. The van der Waals surface area contributed by atoms with Crippen LogP contribution < -0.4 is 16.4 Å². The number of anilines is 3. The minimum Gasteiger partial charge on any atom is -0.399 e. The molecule has 0 amide bonds. The first kappa shape index (κ1) is 14.1. The number of pyridine rings is 1. The van der Waals surface area contributed by atoms with Crippen molar-refractivity contribution in [3.8, 4) is 0 Å². The van der Waals surface area contributed by atoms with E-state index >= 15 is 0 Å². The monoisotopic (exact) mass is 307 g/mol. The van der Waals surface area contributed by atoms with Gasteiger partial charge < -0.3 is 21.3 Å². The summed E-state index contributed by atoms with van der Waals surface area (Å²) in [6, 6.07) is 12.0. The van der Waals surface area contributed by atoms with Crippen molar-refractivity contribution in [1.29, 1.82) is 0 Å². The number of hydrogen-bond donors (Lipinski definition) is 2. The van der Waals surface area contributed by atoms with Crippen molar-refractivity contribution in [2.45, 2.75) is 0 Å². The van der Waals surface area contributed by atoms with Gasteiger partial charge in [0.05, 0.1) is 5.52 Å². The maximum Gasteiger partial charge on any atom is 0.137 e. The molecule has 0 radical (unpaired) electrons. The minimum absolute atomic E-state index is 0.740. The molecule has 0 aliphatic carbocycles. The standard InChI is InChI=1S/C18H21N5/c1-22-6-8-23(9-7-22)18-16-10-12(19)2-4-14(16)15-5-3-13(20)11-17(15)21-18/h2-5,10-11H,6-9,19-20H2,1H3. The number of nitrogen functional groups attached to an aromatic ring is 2. The highest BCUT2D eigenvalue weighted by molar-refractivity contribution is 6.11. The van der Waals surface area contributed by atoms with Gasteiger partial charge in [-0.2, -0.15) is 0 Å². The van der Waals surface area contributed by atoms with E-state index in [2.05, 4.69) is 22.9 Å². The van der Waals surface area contributed by atoms with Gasteiger partial charge in [0.15, 0.2) is 0 Å². The molecule has 1 fully saturated rings. The Bertz CT molecular complexity index is 881. The molecule has 118 valence electrons. The van der Waals surface area contributed by atoms with Crippen molar-refractivity contribution in [2.75, 3.05) is 49.6 Å². The van der Waals surface area contributed by atoms with Gasteiger partial charge >= 0.3 is 0 Å². The molecule has 1 aromatic heterocycles. The van der Waals surface area contributed by atoms with Crippen molar-refractivity contribution in [3.63, 3.8) is 0 Å². The molecule has 5 nitrogen and oxygen atoms in total. The van der Waals surface area contributed by atoms with E-state index in [1.54, 1.807) is 0 Å². The lowest BCUT2D eigenvalue weighted by molar-refractivity contribution is 0.312. The fraction of sp³-hybridized carbons (Fsp3) is 0.278. The van der Waals surface area contributed by atoms with Gasteiger partial charge in [0.25, 0.3) is 0 Å². The Morgan fingerprint density at radius 1 is 0.826 bits per heavy atom. The average Bonchev–Trinajstić information content (AvgIpc) is 2.54. The second kappa shape index (κ2) is 5.28. The van der Waals surface area contributed by atoms with E-state index in [-0.39, 0.29) is 0 Å². The lowest BCUT2D eigenvalue weighted by Crippen LogP contribution is -2.44. The van der Waals surface area contributed by atoms with E-state index in [0.717, 1.165) is 59.7 Å². The van der Waals surface area contributed by atoms with Crippen LogP contribution in [-0.4, -0.2) is 43.1 Å².